The number of fused-ring (bicyclic) bond motifs is 1. The first-order valence-electron chi connectivity index (χ1n) is 5.18. The van der Waals surface area contributed by atoms with Crippen molar-refractivity contribution in [2.75, 3.05) is 0 Å². The lowest BCUT2D eigenvalue weighted by Crippen LogP contribution is -1.76. The summed E-state index contributed by atoms with van der Waals surface area (Å²) in [5.74, 6) is 0.479. The summed E-state index contributed by atoms with van der Waals surface area (Å²) in [7, 11) is 0. The number of halogens is 2. The normalized spacial score (nSPS) is 10.9. The van der Waals surface area contributed by atoms with Gasteiger partial charge in [-0.1, -0.05) is 12.1 Å². The van der Waals surface area contributed by atoms with Gasteiger partial charge in [0.1, 0.15) is 17.2 Å². The van der Waals surface area contributed by atoms with E-state index in [1.54, 1.807) is 12.1 Å². The zero-order chi connectivity index (χ0) is 11.8. The highest BCUT2D eigenvalue weighted by Crippen LogP contribution is 2.37. The van der Waals surface area contributed by atoms with Gasteiger partial charge in [0.15, 0.2) is 0 Å². The van der Waals surface area contributed by atoms with Gasteiger partial charge in [-0.2, -0.15) is 0 Å². The maximum Gasteiger partial charge on any atom is 0.149 e. The molecule has 3 rings (SSSR count). The van der Waals surface area contributed by atoms with Crippen molar-refractivity contribution in [3.8, 4) is 11.3 Å². The molecule has 1 nitrogen and oxygen atoms in total. The first-order valence-corrected chi connectivity index (χ1v) is 5.98. The quantitative estimate of drug-likeness (QED) is 0.615. The molecule has 0 bridgehead atoms. The fourth-order valence-electron chi connectivity index (χ4n) is 1.80. The second-order valence-corrected chi connectivity index (χ2v) is 4.54. The highest BCUT2D eigenvalue weighted by atomic mass is 79.9. The Balaban J connectivity index is 2.24. The minimum atomic E-state index is -0.249. The first kappa shape index (κ1) is 10.5. The van der Waals surface area contributed by atoms with Gasteiger partial charge in [0.2, 0.25) is 0 Å². The minimum absolute atomic E-state index is 0.249. The van der Waals surface area contributed by atoms with Crippen LogP contribution in [0.3, 0.4) is 0 Å². The van der Waals surface area contributed by atoms with Crippen LogP contribution in [0.25, 0.3) is 22.3 Å². The smallest absolute Gasteiger partial charge is 0.149 e. The van der Waals surface area contributed by atoms with Crippen molar-refractivity contribution < 1.29 is 8.81 Å². The lowest BCUT2D eigenvalue weighted by molar-refractivity contribution is 0.622. The molecular formula is C14H8BrFO. The van der Waals surface area contributed by atoms with Crippen molar-refractivity contribution in [1.29, 1.82) is 0 Å². The Morgan fingerprint density at radius 2 is 1.65 bits per heavy atom. The Hall–Kier alpha value is -1.61. The Labute approximate surface area is 106 Å². The van der Waals surface area contributed by atoms with Gasteiger partial charge in [0.05, 0.1) is 4.47 Å². The molecule has 0 saturated heterocycles. The van der Waals surface area contributed by atoms with Gasteiger partial charge in [0, 0.05) is 10.9 Å². The number of hydrogen-bond acceptors (Lipinski definition) is 1. The summed E-state index contributed by atoms with van der Waals surface area (Å²) < 4.78 is 19.5. The van der Waals surface area contributed by atoms with Crippen molar-refractivity contribution in [2.24, 2.45) is 0 Å². The Kier molecular flexibility index (Phi) is 2.48. The van der Waals surface area contributed by atoms with Crippen molar-refractivity contribution in [1.82, 2.24) is 0 Å². The fourth-order valence-corrected chi connectivity index (χ4v) is 2.44. The zero-order valence-electron chi connectivity index (χ0n) is 8.78. The second-order valence-electron chi connectivity index (χ2n) is 3.75. The van der Waals surface area contributed by atoms with Crippen molar-refractivity contribution in [3.05, 3.63) is 58.8 Å². The average Bonchev–Trinajstić information content (AvgIpc) is 2.69. The molecular weight excluding hydrogens is 283 g/mol. The lowest BCUT2D eigenvalue weighted by atomic mass is 10.1. The largest absolute Gasteiger partial charge is 0.455 e. The minimum Gasteiger partial charge on any atom is -0.455 e. The van der Waals surface area contributed by atoms with Gasteiger partial charge in [-0.05, 0) is 52.3 Å². The molecule has 0 N–H and O–H groups in total. The third kappa shape index (κ3) is 1.76. The molecule has 0 radical (unpaired) electrons. The van der Waals surface area contributed by atoms with E-state index in [1.165, 1.54) is 12.1 Å². The molecule has 0 unspecified atom stereocenters. The Bertz CT molecular complexity index is 670. The molecule has 3 aromatic rings. The van der Waals surface area contributed by atoms with Crippen LogP contribution in [0.4, 0.5) is 4.39 Å². The zero-order valence-corrected chi connectivity index (χ0v) is 10.4. The summed E-state index contributed by atoms with van der Waals surface area (Å²) in [5, 5.41) is 1.02. The molecule has 0 amide bonds. The summed E-state index contributed by atoms with van der Waals surface area (Å²) in [6, 6.07) is 14.0. The van der Waals surface area contributed by atoms with Gasteiger partial charge in [0.25, 0.3) is 0 Å². The summed E-state index contributed by atoms with van der Waals surface area (Å²) in [5.41, 5.74) is 1.67. The van der Waals surface area contributed by atoms with Crippen LogP contribution in [0.1, 0.15) is 0 Å². The molecule has 0 aliphatic heterocycles. The van der Waals surface area contributed by atoms with E-state index >= 15 is 0 Å². The molecule has 0 saturated carbocycles. The Morgan fingerprint density at radius 3 is 2.35 bits per heavy atom. The summed E-state index contributed by atoms with van der Waals surface area (Å²) in [4.78, 5) is 0. The van der Waals surface area contributed by atoms with Gasteiger partial charge >= 0.3 is 0 Å². The van der Waals surface area contributed by atoms with Crippen molar-refractivity contribution >= 4 is 26.9 Å². The van der Waals surface area contributed by atoms with Gasteiger partial charge in [-0.15, -0.1) is 0 Å². The predicted molar refractivity (Wildman–Crippen MR) is 69.3 cm³/mol. The maximum atomic E-state index is 12.9. The fraction of sp³-hybridized carbons (Fsp3) is 0. The molecule has 1 aromatic heterocycles. The molecule has 2 aromatic carbocycles. The van der Waals surface area contributed by atoms with Crippen LogP contribution < -0.4 is 0 Å². The third-order valence-corrected chi connectivity index (χ3v) is 3.43. The van der Waals surface area contributed by atoms with Crippen LogP contribution in [0.2, 0.25) is 0 Å². The number of para-hydroxylation sites is 1. The van der Waals surface area contributed by atoms with E-state index in [0.717, 1.165) is 26.8 Å². The SMILES string of the molecule is Fc1ccc(-c2oc3ccccc3c2Br)cc1. The second kappa shape index (κ2) is 4.00. The molecule has 17 heavy (non-hydrogen) atoms. The maximum absolute atomic E-state index is 12.9. The topological polar surface area (TPSA) is 13.1 Å². The lowest BCUT2D eigenvalue weighted by Gasteiger charge is -1.97. The van der Waals surface area contributed by atoms with Crippen molar-refractivity contribution in [2.45, 2.75) is 0 Å². The van der Waals surface area contributed by atoms with E-state index in [-0.39, 0.29) is 5.82 Å². The average molecular weight is 291 g/mol. The molecule has 0 atom stereocenters. The summed E-state index contributed by atoms with van der Waals surface area (Å²) in [6.07, 6.45) is 0. The first-order chi connectivity index (χ1) is 8.25. The van der Waals surface area contributed by atoms with Gasteiger partial charge in [-0.3, -0.25) is 0 Å². The highest BCUT2D eigenvalue weighted by Gasteiger charge is 2.12. The molecule has 0 aliphatic carbocycles. The van der Waals surface area contributed by atoms with E-state index in [9.17, 15) is 4.39 Å². The van der Waals surface area contributed by atoms with Crippen LogP contribution in [0.5, 0.6) is 0 Å². The van der Waals surface area contributed by atoms with Crippen LogP contribution in [0.15, 0.2) is 57.4 Å². The van der Waals surface area contributed by atoms with Gasteiger partial charge < -0.3 is 4.42 Å². The molecule has 84 valence electrons. The standard InChI is InChI=1S/C14H8BrFO/c15-13-11-3-1-2-4-12(11)17-14(13)9-5-7-10(16)8-6-9/h1-8H. The van der Waals surface area contributed by atoms with Crippen LogP contribution >= 0.6 is 15.9 Å². The molecule has 0 spiro atoms. The number of rotatable bonds is 1. The van der Waals surface area contributed by atoms with E-state index in [1.807, 2.05) is 24.3 Å². The number of benzene rings is 2. The monoisotopic (exact) mass is 290 g/mol. The highest BCUT2D eigenvalue weighted by molar-refractivity contribution is 9.10. The predicted octanol–water partition coefficient (Wildman–Crippen LogP) is 5.00. The summed E-state index contributed by atoms with van der Waals surface area (Å²) >= 11 is 3.52. The van der Waals surface area contributed by atoms with Crippen molar-refractivity contribution in [3.63, 3.8) is 0 Å². The number of furan rings is 1. The Morgan fingerprint density at radius 1 is 0.941 bits per heavy atom. The molecule has 3 heteroatoms. The molecule has 1 heterocycles. The van der Waals surface area contributed by atoms with Crippen LogP contribution in [-0.2, 0) is 0 Å². The number of hydrogen-bond donors (Lipinski definition) is 0. The summed E-state index contributed by atoms with van der Waals surface area (Å²) in [6.45, 7) is 0. The molecule has 0 fully saturated rings. The van der Waals surface area contributed by atoms with Gasteiger partial charge in [-0.25, -0.2) is 4.39 Å². The van der Waals surface area contributed by atoms with E-state index in [2.05, 4.69) is 15.9 Å². The van der Waals surface area contributed by atoms with Crippen LogP contribution in [-0.4, -0.2) is 0 Å². The van der Waals surface area contributed by atoms with E-state index in [0.29, 0.717) is 0 Å². The third-order valence-electron chi connectivity index (χ3n) is 2.64. The van der Waals surface area contributed by atoms with Crippen LogP contribution in [0, 0.1) is 5.82 Å². The van der Waals surface area contributed by atoms with E-state index < -0.39 is 0 Å². The van der Waals surface area contributed by atoms with E-state index in [4.69, 9.17) is 4.42 Å². The molecule has 0 aliphatic rings.